The molecule has 32 heavy (non-hydrogen) atoms. The molecule has 7 nitrogen and oxygen atoms in total. The molecule has 0 saturated carbocycles. The number of fused-ring (bicyclic) bond motifs is 2. The van der Waals surface area contributed by atoms with Crippen LogP contribution in [0.2, 0.25) is 0 Å². The first-order chi connectivity index (χ1) is 15.3. The number of aromatic nitrogens is 6. The second kappa shape index (κ2) is 7.66. The van der Waals surface area contributed by atoms with Crippen LogP contribution in [-0.4, -0.2) is 48.8 Å². The van der Waals surface area contributed by atoms with Crippen molar-refractivity contribution in [2.24, 2.45) is 0 Å². The maximum absolute atomic E-state index is 15.3. The molecule has 4 aromatic heterocycles. The van der Waals surface area contributed by atoms with Crippen LogP contribution < -0.4 is 0 Å². The topological polar surface area (TPSA) is 81.5 Å². The van der Waals surface area contributed by atoms with Gasteiger partial charge in [0.05, 0.1) is 31.2 Å². The second-order valence-electron chi connectivity index (χ2n) is 7.86. The van der Waals surface area contributed by atoms with E-state index < -0.39 is 24.7 Å². The highest BCUT2D eigenvalue weighted by atomic mass is 19.3. The molecule has 0 spiro atoms. The largest absolute Gasteiger partial charge is 0.345 e. The summed E-state index contributed by atoms with van der Waals surface area (Å²) in [6, 6.07) is 4.64. The van der Waals surface area contributed by atoms with Crippen LogP contribution in [0.3, 0.4) is 0 Å². The highest BCUT2D eigenvalue weighted by molar-refractivity contribution is 5.97. The number of rotatable bonds is 5. The molecule has 0 radical (unpaired) electrons. The molecule has 0 unspecified atom stereocenters. The quantitative estimate of drug-likeness (QED) is 0.464. The third-order valence-electron chi connectivity index (χ3n) is 5.56. The molecule has 4 aromatic rings. The first-order valence-electron chi connectivity index (χ1n) is 9.94. The van der Waals surface area contributed by atoms with Crippen LogP contribution in [0.15, 0.2) is 30.6 Å². The predicted octanol–water partition coefficient (Wildman–Crippen LogP) is 4.22. The average Bonchev–Trinajstić information content (AvgIpc) is 3.36. The Hall–Kier alpha value is -3.34. The summed E-state index contributed by atoms with van der Waals surface area (Å²) >= 11 is 0. The van der Waals surface area contributed by atoms with Gasteiger partial charge >= 0.3 is 6.61 Å². The highest BCUT2D eigenvalue weighted by Gasteiger charge is 2.39. The molecule has 0 saturated heterocycles. The Morgan fingerprint density at radius 3 is 2.88 bits per heavy atom. The lowest BCUT2D eigenvalue weighted by molar-refractivity contribution is -0.160. The van der Waals surface area contributed by atoms with Crippen molar-refractivity contribution in [1.29, 1.82) is 0 Å². The minimum absolute atomic E-state index is 0.00665. The van der Waals surface area contributed by atoms with Gasteiger partial charge in [0.25, 0.3) is 0 Å². The van der Waals surface area contributed by atoms with Crippen molar-refractivity contribution in [3.05, 3.63) is 47.8 Å². The van der Waals surface area contributed by atoms with Crippen molar-refractivity contribution in [3.8, 4) is 22.5 Å². The molecule has 0 bridgehead atoms. The number of ether oxygens (including phenoxy) is 1. The van der Waals surface area contributed by atoms with Gasteiger partial charge in [0, 0.05) is 27.9 Å². The summed E-state index contributed by atoms with van der Waals surface area (Å²) in [5.74, 6) is -0.497. The number of nitrogens with one attached hydrogen (secondary N) is 1. The van der Waals surface area contributed by atoms with Gasteiger partial charge in [0.1, 0.15) is 11.5 Å². The molecule has 1 aliphatic heterocycles. The van der Waals surface area contributed by atoms with E-state index in [1.807, 2.05) is 13.0 Å². The Morgan fingerprint density at radius 2 is 2.12 bits per heavy atom. The molecular weight excluding hydrogens is 428 g/mol. The van der Waals surface area contributed by atoms with E-state index in [2.05, 4.69) is 30.0 Å². The van der Waals surface area contributed by atoms with E-state index in [0.717, 1.165) is 28.5 Å². The molecule has 1 N–H and O–H groups in total. The van der Waals surface area contributed by atoms with Crippen molar-refractivity contribution >= 4 is 11.0 Å². The minimum atomic E-state index is -3.05. The zero-order valence-electron chi connectivity index (χ0n) is 16.9. The summed E-state index contributed by atoms with van der Waals surface area (Å²) in [7, 11) is 0. The van der Waals surface area contributed by atoms with Gasteiger partial charge in [-0.15, -0.1) is 0 Å². The third-order valence-corrected chi connectivity index (χ3v) is 5.56. The number of hydrogen-bond donors (Lipinski definition) is 1. The van der Waals surface area contributed by atoms with E-state index >= 15 is 4.39 Å². The van der Waals surface area contributed by atoms with Crippen LogP contribution in [0.1, 0.15) is 17.8 Å². The van der Waals surface area contributed by atoms with Crippen molar-refractivity contribution in [2.75, 3.05) is 6.61 Å². The van der Waals surface area contributed by atoms with Gasteiger partial charge in [-0.2, -0.15) is 19.0 Å². The maximum Gasteiger partial charge on any atom is 0.345 e. The van der Waals surface area contributed by atoms with Gasteiger partial charge in [0.15, 0.2) is 11.3 Å². The van der Waals surface area contributed by atoms with E-state index in [9.17, 15) is 13.2 Å². The molecule has 0 aliphatic carbocycles. The van der Waals surface area contributed by atoms with Gasteiger partial charge in [-0.25, -0.2) is 13.8 Å². The number of aromatic amines is 1. The van der Waals surface area contributed by atoms with Crippen LogP contribution in [0, 0.1) is 12.7 Å². The number of hydrogen-bond acceptors (Lipinski definition) is 5. The normalized spacial score (nSPS) is 18.4. The van der Waals surface area contributed by atoms with Crippen molar-refractivity contribution in [1.82, 2.24) is 29.9 Å². The van der Waals surface area contributed by atoms with Crippen molar-refractivity contribution in [3.63, 3.8) is 0 Å². The fourth-order valence-corrected chi connectivity index (χ4v) is 4.14. The Bertz CT molecular complexity index is 1290. The fourth-order valence-electron chi connectivity index (χ4n) is 4.14. The summed E-state index contributed by atoms with van der Waals surface area (Å²) in [5, 5.41) is 12.2. The van der Waals surface area contributed by atoms with E-state index in [1.54, 1.807) is 6.20 Å². The Labute approximate surface area is 179 Å². The molecular formula is C21H18F4N6O. The number of aryl methyl sites for hydroxylation is 1. The summed E-state index contributed by atoms with van der Waals surface area (Å²) in [6.07, 6.45) is 2.96. The van der Waals surface area contributed by atoms with Crippen molar-refractivity contribution in [2.45, 2.75) is 38.6 Å². The standard InChI is InChI=1S/C21H18F4N6O/c1-11-6-13(14-8-27-29-19(14)28-11)17-16-4-5-21(25,10-32-20(23)24)9-31(16)30-18(17)15-3-2-12(22)7-26-15/h2-3,6-8,20H,4-5,9-10H2,1H3,(H,27,28,29)/t21-/m1/s1. The molecule has 5 rings (SSSR count). The van der Waals surface area contributed by atoms with Crippen molar-refractivity contribution < 1.29 is 22.3 Å². The first-order valence-corrected chi connectivity index (χ1v) is 9.94. The van der Waals surface area contributed by atoms with Crippen LogP contribution in [0.4, 0.5) is 17.6 Å². The number of alkyl halides is 3. The molecule has 0 aromatic carbocycles. The Kier molecular flexibility index (Phi) is 4.92. The molecule has 11 heteroatoms. The molecule has 0 amide bonds. The van der Waals surface area contributed by atoms with Gasteiger partial charge in [-0.1, -0.05) is 0 Å². The average molecular weight is 446 g/mol. The van der Waals surface area contributed by atoms with Crippen LogP contribution in [0.5, 0.6) is 0 Å². The minimum Gasteiger partial charge on any atom is -0.320 e. The number of nitrogens with zero attached hydrogens (tertiary/aromatic N) is 5. The van der Waals surface area contributed by atoms with Crippen LogP contribution in [-0.2, 0) is 17.7 Å². The SMILES string of the molecule is Cc1cc(-c2c(-c3ccc(F)cn3)nn3c2CC[C@](F)(COC(F)F)C3)c2cn[nH]c2n1. The van der Waals surface area contributed by atoms with Gasteiger partial charge in [-0.05, 0) is 38.0 Å². The number of pyridine rings is 2. The Balaban J connectivity index is 1.68. The lowest BCUT2D eigenvalue weighted by Gasteiger charge is -2.30. The van der Waals surface area contributed by atoms with E-state index in [-0.39, 0.29) is 19.4 Å². The predicted molar refractivity (Wildman–Crippen MR) is 107 cm³/mol. The molecule has 0 fully saturated rings. The molecule has 1 aliphatic rings. The zero-order chi connectivity index (χ0) is 22.5. The summed E-state index contributed by atoms with van der Waals surface area (Å²) in [4.78, 5) is 8.59. The summed E-state index contributed by atoms with van der Waals surface area (Å²) in [5.41, 5.74) is 2.38. The fraction of sp³-hybridized carbons (Fsp3) is 0.333. The van der Waals surface area contributed by atoms with E-state index in [0.29, 0.717) is 22.6 Å². The van der Waals surface area contributed by atoms with Gasteiger partial charge in [0.2, 0.25) is 0 Å². The molecule has 166 valence electrons. The summed E-state index contributed by atoms with van der Waals surface area (Å²) in [6.45, 7) is -2.19. The lowest BCUT2D eigenvalue weighted by atomic mass is 9.91. The molecule has 1 atom stereocenters. The second-order valence-corrected chi connectivity index (χ2v) is 7.86. The monoisotopic (exact) mass is 446 g/mol. The smallest absolute Gasteiger partial charge is 0.320 e. The van der Waals surface area contributed by atoms with Crippen LogP contribution >= 0.6 is 0 Å². The van der Waals surface area contributed by atoms with Gasteiger partial charge < -0.3 is 4.74 Å². The molecule has 5 heterocycles. The number of H-pyrrole nitrogens is 1. The van der Waals surface area contributed by atoms with Crippen LogP contribution in [0.25, 0.3) is 33.5 Å². The highest BCUT2D eigenvalue weighted by Crippen LogP contribution is 2.41. The van der Waals surface area contributed by atoms with E-state index in [1.165, 1.54) is 16.8 Å². The third kappa shape index (κ3) is 3.62. The lowest BCUT2D eigenvalue weighted by Crippen LogP contribution is -2.40. The first kappa shape index (κ1) is 20.6. The Morgan fingerprint density at radius 1 is 1.28 bits per heavy atom. The number of halogens is 4. The van der Waals surface area contributed by atoms with E-state index in [4.69, 9.17) is 0 Å². The van der Waals surface area contributed by atoms with Gasteiger partial charge in [-0.3, -0.25) is 14.8 Å². The maximum atomic E-state index is 15.3. The zero-order valence-corrected chi connectivity index (χ0v) is 16.9. The summed E-state index contributed by atoms with van der Waals surface area (Å²) < 4.78 is 59.5.